The molecule has 2 saturated heterocycles. The van der Waals surface area contributed by atoms with E-state index in [4.69, 9.17) is 10.8 Å². The smallest absolute Gasteiger partial charge is 0.305 e. The maximum absolute atomic E-state index is 11.8. The third-order valence-corrected chi connectivity index (χ3v) is 4.42. The summed E-state index contributed by atoms with van der Waals surface area (Å²) in [6, 6.07) is 0.262. The number of hydrogen-bond acceptors (Lipinski definition) is 4. The van der Waals surface area contributed by atoms with E-state index in [1.807, 2.05) is 0 Å². The van der Waals surface area contributed by atoms with Gasteiger partial charge in [0, 0.05) is 18.1 Å². The van der Waals surface area contributed by atoms with Crippen LogP contribution in [-0.4, -0.2) is 53.1 Å². The molecule has 19 heavy (non-hydrogen) atoms. The summed E-state index contributed by atoms with van der Waals surface area (Å²) in [7, 11) is 2.16. The van der Waals surface area contributed by atoms with Crippen LogP contribution in [0.3, 0.4) is 0 Å². The third kappa shape index (κ3) is 3.45. The van der Waals surface area contributed by atoms with E-state index in [2.05, 4.69) is 17.3 Å². The molecule has 0 aromatic heterocycles. The molecule has 3 unspecified atom stereocenters. The Kier molecular flexibility index (Phi) is 4.42. The van der Waals surface area contributed by atoms with Gasteiger partial charge in [-0.05, 0) is 32.7 Å². The van der Waals surface area contributed by atoms with Crippen LogP contribution in [0, 0.1) is 0 Å². The average molecular weight is 269 g/mol. The van der Waals surface area contributed by atoms with Crippen LogP contribution in [0.2, 0.25) is 0 Å². The lowest BCUT2D eigenvalue weighted by Crippen LogP contribution is -2.57. The van der Waals surface area contributed by atoms with Crippen LogP contribution < -0.4 is 11.1 Å². The van der Waals surface area contributed by atoms with E-state index in [1.54, 1.807) is 0 Å². The van der Waals surface area contributed by atoms with Gasteiger partial charge in [0.15, 0.2) is 0 Å². The van der Waals surface area contributed by atoms with Crippen LogP contribution >= 0.6 is 0 Å². The molecule has 3 atom stereocenters. The second-order valence-corrected chi connectivity index (χ2v) is 5.79. The molecule has 2 heterocycles. The van der Waals surface area contributed by atoms with Crippen molar-refractivity contribution >= 4 is 11.9 Å². The second-order valence-electron chi connectivity index (χ2n) is 5.79. The van der Waals surface area contributed by atoms with Gasteiger partial charge in [-0.3, -0.25) is 9.59 Å². The van der Waals surface area contributed by atoms with Gasteiger partial charge in [-0.25, -0.2) is 0 Å². The highest BCUT2D eigenvalue weighted by Gasteiger charge is 2.36. The molecule has 6 nitrogen and oxygen atoms in total. The van der Waals surface area contributed by atoms with Crippen molar-refractivity contribution in [3.8, 4) is 0 Å². The fourth-order valence-corrected chi connectivity index (χ4v) is 3.32. The fraction of sp³-hybridized carbons (Fsp3) is 0.846. The van der Waals surface area contributed by atoms with E-state index in [1.165, 1.54) is 19.3 Å². The van der Waals surface area contributed by atoms with E-state index < -0.39 is 12.0 Å². The van der Waals surface area contributed by atoms with Crippen LogP contribution in [0.25, 0.3) is 0 Å². The van der Waals surface area contributed by atoms with Crippen molar-refractivity contribution in [1.82, 2.24) is 10.2 Å². The number of fused-ring (bicyclic) bond motifs is 2. The Morgan fingerprint density at radius 3 is 2.47 bits per heavy atom. The molecule has 4 N–H and O–H groups in total. The summed E-state index contributed by atoms with van der Waals surface area (Å²) >= 11 is 0. The minimum Gasteiger partial charge on any atom is -0.481 e. The van der Waals surface area contributed by atoms with Crippen molar-refractivity contribution in [3.63, 3.8) is 0 Å². The van der Waals surface area contributed by atoms with Crippen LogP contribution in [0.1, 0.15) is 38.5 Å². The topological polar surface area (TPSA) is 95.7 Å². The zero-order valence-electron chi connectivity index (χ0n) is 11.3. The average Bonchev–Trinajstić information content (AvgIpc) is 2.29. The number of rotatable bonds is 4. The molecule has 2 bridgehead atoms. The van der Waals surface area contributed by atoms with Crippen LogP contribution in [0.4, 0.5) is 0 Å². The van der Waals surface area contributed by atoms with E-state index in [-0.39, 0.29) is 18.4 Å². The van der Waals surface area contributed by atoms with Gasteiger partial charge in [0.2, 0.25) is 5.91 Å². The Morgan fingerprint density at radius 1 is 1.37 bits per heavy atom. The molecule has 0 aliphatic carbocycles. The molecular formula is C13H23N3O3. The van der Waals surface area contributed by atoms with Crippen molar-refractivity contribution in [2.45, 2.75) is 62.7 Å². The van der Waals surface area contributed by atoms with E-state index in [9.17, 15) is 9.59 Å². The van der Waals surface area contributed by atoms with Gasteiger partial charge in [0.1, 0.15) is 0 Å². The highest BCUT2D eigenvalue weighted by Crippen LogP contribution is 2.32. The van der Waals surface area contributed by atoms with Crippen molar-refractivity contribution in [3.05, 3.63) is 0 Å². The molecule has 2 aliphatic rings. The van der Waals surface area contributed by atoms with Gasteiger partial charge in [0.05, 0.1) is 12.5 Å². The number of piperidine rings is 2. The lowest BCUT2D eigenvalue weighted by Gasteiger charge is -2.47. The number of nitrogens with zero attached hydrogens (tertiary/aromatic N) is 1. The predicted molar refractivity (Wildman–Crippen MR) is 70.6 cm³/mol. The SMILES string of the molecule is CN1C2CCCC1CC(NC(=O)C(N)CC(=O)O)C2. The largest absolute Gasteiger partial charge is 0.481 e. The Balaban J connectivity index is 1.86. The highest BCUT2D eigenvalue weighted by molar-refractivity contribution is 5.86. The number of amides is 1. The predicted octanol–water partition coefficient (Wildman–Crippen LogP) is -0.0801. The maximum atomic E-state index is 11.8. The summed E-state index contributed by atoms with van der Waals surface area (Å²) in [5.41, 5.74) is 5.58. The Labute approximate surface area is 113 Å². The number of carboxylic acid groups (broad SMARTS) is 1. The molecule has 0 saturated carbocycles. The number of aliphatic carboxylic acids is 1. The van der Waals surface area contributed by atoms with Gasteiger partial charge in [0.25, 0.3) is 0 Å². The molecule has 0 aromatic rings. The lowest BCUT2D eigenvalue weighted by molar-refractivity contribution is -0.139. The van der Waals surface area contributed by atoms with Crippen molar-refractivity contribution in [1.29, 1.82) is 0 Å². The number of carboxylic acids is 1. The van der Waals surface area contributed by atoms with Crippen LogP contribution in [0.5, 0.6) is 0 Å². The molecule has 0 spiro atoms. The van der Waals surface area contributed by atoms with Gasteiger partial charge in [-0.15, -0.1) is 0 Å². The standard InChI is InChI=1S/C13H23N3O3/c1-16-9-3-2-4-10(16)6-8(5-9)15-13(19)11(14)7-12(17)18/h8-11H,2-7,14H2,1H3,(H,15,19)(H,17,18). The minimum atomic E-state index is -1.04. The minimum absolute atomic E-state index is 0.138. The second kappa shape index (κ2) is 5.88. The molecular weight excluding hydrogens is 246 g/mol. The molecule has 108 valence electrons. The first kappa shape index (κ1) is 14.3. The van der Waals surface area contributed by atoms with E-state index in [0.29, 0.717) is 12.1 Å². The number of nitrogens with two attached hydrogens (primary N) is 1. The summed E-state index contributed by atoms with van der Waals surface area (Å²) < 4.78 is 0. The normalized spacial score (nSPS) is 32.6. The van der Waals surface area contributed by atoms with Gasteiger partial charge < -0.3 is 21.1 Å². The first-order valence-electron chi connectivity index (χ1n) is 6.97. The summed E-state index contributed by atoms with van der Waals surface area (Å²) in [5.74, 6) is -1.38. The molecule has 2 fully saturated rings. The molecule has 2 rings (SSSR count). The van der Waals surface area contributed by atoms with Crippen LogP contribution in [0.15, 0.2) is 0 Å². The zero-order chi connectivity index (χ0) is 14.0. The number of nitrogens with one attached hydrogen (secondary N) is 1. The summed E-state index contributed by atoms with van der Waals surface area (Å²) in [4.78, 5) is 24.8. The molecule has 0 aromatic carbocycles. The maximum Gasteiger partial charge on any atom is 0.305 e. The Bertz CT molecular complexity index is 347. The number of carbonyl (C=O) groups is 2. The monoisotopic (exact) mass is 269 g/mol. The molecule has 0 radical (unpaired) electrons. The van der Waals surface area contributed by atoms with Gasteiger partial charge >= 0.3 is 5.97 Å². The zero-order valence-corrected chi connectivity index (χ0v) is 11.3. The summed E-state index contributed by atoms with van der Waals surface area (Å²) in [5, 5.41) is 11.6. The fourth-order valence-electron chi connectivity index (χ4n) is 3.32. The molecule has 2 aliphatic heterocycles. The van der Waals surface area contributed by atoms with E-state index >= 15 is 0 Å². The Morgan fingerprint density at radius 2 is 1.95 bits per heavy atom. The quantitative estimate of drug-likeness (QED) is 0.663. The molecule has 1 amide bonds. The van der Waals surface area contributed by atoms with Crippen molar-refractivity contribution in [2.24, 2.45) is 5.73 Å². The van der Waals surface area contributed by atoms with E-state index in [0.717, 1.165) is 12.8 Å². The molecule has 6 heteroatoms. The Hall–Kier alpha value is -1.14. The highest BCUT2D eigenvalue weighted by atomic mass is 16.4. The van der Waals surface area contributed by atoms with Gasteiger partial charge in [-0.1, -0.05) is 6.42 Å². The van der Waals surface area contributed by atoms with Gasteiger partial charge in [-0.2, -0.15) is 0 Å². The summed E-state index contributed by atoms with van der Waals surface area (Å²) in [6.45, 7) is 0. The van der Waals surface area contributed by atoms with Crippen molar-refractivity contribution < 1.29 is 14.7 Å². The van der Waals surface area contributed by atoms with Crippen molar-refractivity contribution in [2.75, 3.05) is 7.05 Å². The first-order chi connectivity index (χ1) is 8.97. The third-order valence-electron chi connectivity index (χ3n) is 4.42. The first-order valence-corrected chi connectivity index (χ1v) is 6.97. The van der Waals surface area contributed by atoms with Crippen LogP contribution in [-0.2, 0) is 9.59 Å². The number of carbonyl (C=O) groups excluding carboxylic acids is 1. The number of hydrogen-bond donors (Lipinski definition) is 3. The summed E-state index contributed by atoms with van der Waals surface area (Å²) in [6.07, 6.45) is 5.20. The lowest BCUT2D eigenvalue weighted by atomic mass is 9.82.